The summed E-state index contributed by atoms with van der Waals surface area (Å²) >= 11 is 4.93. The molecule has 0 atom stereocenters. The van der Waals surface area contributed by atoms with Crippen LogP contribution >= 0.6 is 12.2 Å². The van der Waals surface area contributed by atoms with E-state index in [1.54, 1.807) is 43.4 Å². The van der Waals surface area contributed by atoms with Crippen LogP contribution in [0.3, 0.4) is 0 Å². The summed E-state index contributed by atoms with van der Waals surface area (Å²) < 4.78 is 10.0. The first kappa shape index (κ1) is 16.6. The highest BCUT2D eigenvalue weighted by Gasteiger charge is 2.15. The van der Waals surface area contributed by atoms with Gasteiger partial charge in [-0.1, -0.05) is 24.4 Å². The Morgan fingerprint density at radius 2 is 1.75 bits per heavy atom. The van der Waals surface area contributed by atoms with Crippen molar-refractivity contribution in [3.05, 3.63) is 35.4 Å². The minimum Gasteiger partial charge on any atom is -0.389 e. The molecule has 0 radical (unpaired) electrons. The molecule has 20 heavy (non-hydrogen) atoms. The highest BCUT2D eigenvalue weighted by atomic mass is 32.1. The number of hydrogen-bond acceptors (Lipinski definition) is 4. The predicted molar refractivity (Wildman–Crippen MR) is 82.0 cm³/mol. The molecule has 0 aliphatic rings. The van der Waals surface area contributed by atoms with E-state index in [2.05, 4.69) is 0 Å². The van der Waals surface area contributed by atoms with E-state index in [1.807, 2.05) is 0 Å². The Bertz CT molecular complexity index is 457. The monoisotopic (exact) mass is 296 g/mol. The van der Waals surface area contributed by atoms with E-state index in [4.69, 9.17) is 27.4 Å². The number of carbonyl (C=O) groups is 1. The highest BCUT2D eigenvalue weighted by Crippen LogP contribution is 2.09. The molecule has 0 aliphatic carbocycles. The van der Waals surface area contributed by atoms with Crippen LogP contribution in [0.2, 0.25) is 0 Å². The smallest absolute Gasteiger partial charge is 0.254 e. The molecule has 0 aliphatic heterocycles. The van der Waals surface area contributed by atoms with Gasteiger partial charge >= 0.3 is 0 Å². The molecule has 1 aromatic rings. The zero-order chi connectivity index (χ0) is 15.0. The van der Waals surface area contributed by atoms with E-state index in [0.29, 0.717) is 37.4 Å². The maximum Gasteiger partial charge on any atom is 0.254 e. The van der Waals surface area contributed by atoms with Gasteiger partial charge in [-0.3, -0.25) is 4.79 Å². The number of hydrogen-bond donors (Lipinski definition) is 1. The average Bonchev–Trinajstić information content (AvgIpc) is 2.47. The van der Waals surface area contributed by atoms with Crippen LogP contribution in [0.4, 0.5) is 0 Å². The second kappa shape index (κ2) is 8.63. The van der Waals surface area contributed by atoms with E-state index < -0.39 is 0 Å². The van der Waals surface area contributed by atoms with E-state index in [-0.39, 0.29) is 10.9 Å². The van der Waals surface area contributed by atoms with Gasteiger partial charge in [0.2, 0.25) is 0 Å². The zero-order valence-electron chi connectivity index (χ0n) is 11.8. The molecule has 0 saturated carbocycles. The van der Waals surface area contributed by atoms with Gasteiger partial charge in [0.15, 0.2) is 0 Å². The molecule has 1 aromatic carbocycles. The lowest BCUT2D eigenvalue weighted by Crippen LogP contribution is -2.36. The molecule has 5 nitrogen and oxygen atoms in total. The molecule has 2 N–H and O–H groups in total. The highest BCUT2D eigenvalue weighted by molar-refractivity contribution is 7.80. The Hall–Kier alpha value is -1.50. The van der Waals surface area contributed by atoms with Crippen LogP contribution in [0, 0.1) is 0 Å². The molecule has 0 heterocycles. The summed E-state index contributed by atoms with van der Waals surface area (Å²) in [6.07, 6.45) is 0. The van der Waals surface area contributed by atoms with Crippen LogP contribution in [0.15, 0.2) is 24.3 Å². The van der Waals surface area contributed by atoms with Gasteiger partial charge < -0.3 is 20.1 Å². The Morgan fingerprint density at radius 1 is 1.20 bits per heavy atom. The average molecular weight is 296 g/mol. The second-order valence-electron chi connectivity index (χ2n) is 4.22. The molecule has 0 unspecified atom stereocenters. The number of benzene rings is 1. The van der Waals surface area contributed by atoms with Gasteiger partial charge in [0.05, 0.1) is 13.2 Å². The van der Waals surface area contributed by atoms with Crippen molar-refractivity contribution in [1.82, 2.24) is 4.90 Å². The molecule has 1 amide bonds. The Labute approximate surface area is 124 Å². The predicted octanol–water partition coefficient (Wildman–Crippen LogP) is 1.06. The van der Waals surface area contributed by atoms with Crippen LogP contribution in [0.5, 0.6) is 0 Å². The standard InChI is InChI=1S/C14H20N2O3S/c1-18-8-6-16(7-9-19-2)14(17)12-5-3-4-11(10-12)13(15)20/h3-5,10H,6-9H2,1-2H3,(H2,15,20). The maximum absolute atomic E-state index is 12.5. The van der Waals surface area contributed by atoms with Crippen molar-refractivity contribution >= 4 is 23.1 Å². The molecule has 1 rings (SSSR count). The van der Waals surface area contributed by atoms with Crippen molar-refractivity contribution < 1.29 is 14.3 Å². The van der Waals surface area contributed by atoms with Gasteiger partial charge in [0.1, 0.15) is 4.99 Å². The summed E-state index contributed by atoms with van der Waals surface area (Å²) in [5.41, 5.74) is 6.83. The summed E-state index contributed by atoms with van der Waals surface area (Å²) in [7, 11) is 3.21. The van der Waals surface area contributed by atoms with Gasteiger partial charge in [-0.05, 0) is 12.1 Å². The maximum atomic E-state index is 12.5. The van der Waals surface area contributed by atoms with E-state index in [0.717, 1.165) is 0 Å². The van der Waals surface area contributed by atoms with Crippen LogP contribution < -0.4 is 5.73 Å². The lowest BCUT2D eigenvalue weighted by molar-refractivity contribution is 0.0627. The molecule has 110 valence electrons. The Morgan fingerprint density at radius 3 is 2.25 bits per heavy atom. The summed E-state index contributed by atoms with van der Waals surface area (Å²) in [5.74, 6) is -0.0859. The number of nitrogens with two attached hydrogens (primary N) is 1. The number of methoxy groups -OCH3 is 2. The lowest BCUT2D eigenvalue weighted by atomic mass is 10.1. The first-order valence-corrected chi connectivity index (χ1v) is 6.68. The number of carbonyl (C=O) groups excluding carboxylic acids is 1. The zero-order valence-corrected chi connectivity index (χ0v) is 12.6. The molecule has 0 spiro atoms. The van der Waals surface area contributed by atoms with Gasteiger partial charge in [0.25, 0.3) is 5.91 Å². The lowest BCUT2D eigenvalue weighted by Gasteiger charge is -2.22. The van der Waals surface area contributed by atoms with Crippen LogP contribution in [-0.4, -0.2) is 56.3 Å². The molecule has 0 aromatic heterocycles. The number of rotatable bonds is 8. The molecular formula is C14H20N2O3S. The summed E-state index contributed by atoms with van der Waals surface area (Å²) in [5, 5.41) is 0. The molecule has 0 saturated heterocycles. The first-order chi connectivity index (χ1) is 9.60. The van der Waals surface area contributed by atoms with Gasteiger partial charge in [-0.2, -0.15) is 0 Å². The van der Waals surface area contributed by atoms with E-state index in [9.17, 15) is 4.79 Å². The van der Waals surface area contributed by atoms with Crippen LogP contribution in [0.1, 0.15) is 15.9 Å². The third kappa shape index (κ3) is 4.88. The van der Waals surface area contributed by atoms with Crippen molar-refractivity contribution in [3.8, 4) is 0 Å². The largest absolute Gasteiger partial charge is 0.389 e. The Kier molecular flexibility index (Phi) is 7.14. The second-order valence-corrected chi connectivity index (χ2v) is 4.66. The van der Waals surface area contributed by atoms with Gasteiger partial charge in [0, 0.05) is 38.4 Å². The number of nitrogens with zero attached hydrogens (tertiary/aromatic N) is 1. The van der Waals surface area contributed by atoms with Crippen molar-refractivity contribution in [2.75, 3.05) is 40.5 Å². The van der Waals surface area contributed by atoms with Crippen LogP contribution in [0.25, 0.3) is 0 Å². The van der Waals surface area contributed by atoms with Crippen LogP contribution in [-0.2, 0) is 9.47 Å². The van der Waals surface area contributed by atoms with E-state index >= 15 is 0 Å². The van der Waals surface area contributed by atoms with Crippen molar-refractivity contribution in [3.63, 3.8) is 0 Å². The normalized spacial score (nSPS) is 10.3. The van der Waals surface area contributed by atoms with Crippen molar-refractivity contribution in [2.45, 2.75) is 0 Å². The molecular weight excluding hydrogens is 276 g/mol. The molecule has 0 fully saturated rings. The molecule has 0 bridgehead atoms. The number of amides is 1. The fourth-order valence-corrected chi connectivity index (χ4v) is 1.83. The topological polar surface area (TPSA) is 64.8 Å². The fraction of sp³-hybridized carbons (Fsp3) is 0.429. The first-order valence-electron chi connectivity index (χ1n) is 6.27. The summed E-state index contributed by atoms with van der Waals surface area (Å²) in [6, 6.07) is 7.01. The summed E-state index contributed by atoms with van der Waals surface area (Å²) in [4.78, 5) is 14.4. The number of thiocarbonyl (C=S) groups is 1. The van der Waals surface area contributed by atoms with Gasteiger partial charge in [-0.25, -0.2) is 0 Å². The summed E-state index contributed by atoms with van der Waals surface area (Å²) in [6.45, 7) is 1.97. The third-order valence-corrected chi connectivity index (χ3v) is 3.05. The van der Waals surface area contributed by atoms with Crippen molar-refractivity contribution in [2.24, 2.45) is 5.73 Å². The Balaban J connectivity index is 2.86. The molecule has 6 heteroatoms. The van der Waals surface area contributed by atoms with Gasteiger partial charge in [-0.15, -0.1) is 0 Å². The number of ether oxygens (including phenoxy) is 2. The van der Waals surface area contributed by atoms with Crippen molar-refractivity contribution in [1.29, 1.82) is 0 Å². The minimum absolute atomic E-state index is 0.0859. The SMILES string of the molecule is COCCN(CCOC)C(=O)c1cccc(C(N)=S)c1. The third-order valence-electron chi connectivity index (χ3n) is 2.81. The minimum atomic E-state index is -0.0859. The quantitative estimate of drug-likeness (QED) is 0.727. The fourth-order valence-electron chi connectivity index (χ4n) is 1.71. The van der Waals surface area contributed by atoms with E-state index in [1.165, 1.54) is 0 Å².